The highest BCUT2D eigenvalue weighted by Crippen LogP contribution is 2.21. The van der Waals surface area contributed by atoms with Crippen molar-refractivity contribution in [2.24, 2.45) is 11.7 Å². The molecule has 22 heavy (non-hydrogen) atoms. The molecule has 1 heterocycles. The van der Waals surface area contributed by atoms with Crippen LogP contribution in [0.4, 0.5) is 5.69 Å². The first-order chi connectivity index (χ1) is 10.5. The van der Waals surface area contributed by atoms with Crippen molar-refractivity contribution in [3.8, 4) is 0 Å². The van der Waals surface area contributed by atoms with Gasteiger partial charge in [-0.15, -0.1) is 0 Å². The second kappa shape index (κ2) is 7.40. The molecule has 1 aliphatic rings. The number of piperidine rings is 1. The summed E-state index contributed by atoms with van der Waals surface area (Å²) in [5.41, 5.74) is 7.67. The van der Waals surface area contributed by atoms with E-state index in [9.17, 15) is 9.59 Å². The molecular formula is C17H25N3O2. The molecule has 5 heteroatoms. The minimum absolute atomic E-state index is 0.0368. The molecular weight excluding hydrogens is 278 g/mol. The molecule has 2 rings (SSSR count). The summed E-state index contributed by atoms with van der Waals surface area (Å²) in [5, 5.41) is 2.89. The highest BCUT2D eigenvalue weighted by Gasteiger charge is 2.19. The van der Waals surface area contributed by atoms with Crippen LogP contribution in [0.1, 0.15) is 38.7 Å². The standard InChI is InChI=1S/C17H25N3O2/c1-12(13(2)18)17(22)19-11-14-6-8-15(9-7-14)20-10-4-3-5-16(20)21/h6-9,12-13H,3-5,10-11,18H2,1-2H3,(H,19,22). The van der Waals surface area contributed by atoms with Gasteiger partial charge in [0.15, 0.2) is 0 Å². The van der Waals surface area contributed by atoms with Crippen molar-refractivity contribution in [2.75, 3.05) is 11.4 Å². The maximum absolute atomic E-state index is 11.9. The Balaban J connectivity index is 1.92. The van der Waals surface area contributed by atoms with Crippen LogP contribution in [0.25, 0.3) is 0 Å². The zero-order chi connectivity index (χ0) is 16.1. The van der Waals surface area contributed by atoms with Crippen molar-refractivity contribution in [3.63, 3.8) is 0 Å². The quantitative estimate of drug-likeness (QED) is 0.871. The lowest BCUT2D eigenvalue weighted by Crippen LogP contribution is -2.38. The first kappa shape index (κ1) is 16.5. The van der Waals surface area contributed by atoms with Gasteiger partial charge in [0.25, 0.3) is 0 Å². The Kier molecular flexibility index (Phi) is 5.55. The highest BCUT2D eigenvalue weighted by atomic mass is 16.2. The van der Waals surface area contributed by atoms with E-state index in [0.29, 0.717) is 13.0 Å². The molecule has 2 amide bonds. The Morgan fingerprint density at radius 3 is 2.55 bits per heavy atom. The van der Waals surface area contributed by atoms with Gasteiger partial charge in [-0.3, -0.25) is 9.59 Å². The maximum atomic E-state index is 11.9. The van der Waals surface area contributed by atoms with Crippen molar-refractivity contribution in [1.29, 1.82) is 0 Å². The molecule has 1 aromatic carbocycles. The van der Waals surface area contributed by atoms with Crippen LogP contribution in [0.15, 0.2) is 24.3 Å². The second-order valence-electron chi connectivity index (χ2n) is 6.03. The molecule has 1 aromatic rings. The SMILES string of the molecule is CC(N)C(C)C(=O)NCc1ccc(N2CCCCC2=O)cc1. The molecule has 1 fully saturated rings. The van der Waals surface area contributed by atoms with Crippen LogP contribution in [0, 0.1) is 5.92 Å². The van der Waals surface area contributed by atoms with Crippen LogP contribution in [-0.4, -0.2) is 24.4 Å². The van der Waals surface area contributed by atoms with Gasteiger partial charge in [0.2, 0.25) is 11.8 Å². The molecule has 1 aliphatic heterocycles. The molecule has 120 valence electrons. The summed E-state index contributed by atoms with van der Waals surface area (Å²) in [4.78, 5) is 25.6. The lowest BCUT2D eigenvalue weighted by atomic mass is 10.0. The van der Waals surface area contributed by atoms with E-state index in [-0.39, 0.29) is 23.8 Å². The summed E-state index contributed by atoms with van der Waals surface area (Å²) in [6.07, 6.45) is 2.67. The van der Waals surface area contributed by atoms with Gasteiger partial charge >= 0.3 is 0 Å². The highest BCUT2D eigenvalue weighted by molar-refractivity contribution is 5.93. The third-order valence-electron chi connectivity index (χ3n) is 4.24. The van der Waals surface area contributed by atoms with Crippen LogP contribution >= 0.6 is 0 Å². The summed E-state index contributed by atoms with van der Waals surface area (Å²) in [7, 11) is 0. The number of benzene rings is 1. The van der Waals surface area contributed by atoms with Gasteiger partial charge in [0.1, 0.15) is 0 Å². The predicted octanol–water partition coefficient (Wildman–Crippen LogP) is 1.80. The molecule has 1 saturated heterocycles. The maximum Gasteiger partial charge on any atom is 0.226 e. The Labute approximate surface area is 131 Å². The Morgan fingerprint density at radius 1 is 1.27 bits per heavy atom. The van der Waals surface area contributed by atoms with E-state index in [1.165, 1.54) is 0 Å². The van der Waals surface area contributed by atoms with E-state index in [4.69, 9.17) is 5.73 Å². The number of hydrogen-bond donors (Lipinski definition) is 2. The smallest absolute Gasteiger partial charge is 0.226 e. The average molecular weight is 303 g/mol. The van der Waals surface area contributed by atoms with Crippen molar-refractivity contribution in [2.45, 2.75) is 45.7 Å². The summed E-state index contributed by atoms with van der Waals surface area (Å²) >= 11 is 0. The van der Waals surface area contributed by atoms with E-state index >= 15 is 0 Å². The van der Waals surface area contributed by atoms with Crippen molar-refractivity contribution >= 4 is 17.5 Å². The fraction of sp³-hybridized carbons (Fsp3) is 0.529. The first-order valence-electron chi connectivity index (χ1n) is 7.91. The molecule has 0 spiro atoms. The van der Waals surface area contributed by atoms with Crippen molar-refractivity contribution in [3.05, 3.63) is 29.8 Å². The van der Waals surface area contributed by atoms with Gasteiger partial charge in [0.05, 0.1) is 0 Å². The lowest BCUT2D eigenvalue weighted by molar-refractivity contribution is -0.125. The Bertz CT molecular complexity index is 525. The monoisotopic (exact) mass is 303 g/mol. The molecule has 3 N–H and O–H groups in total. The normalized spacial score (nSPS) is 18.0. The zero-order valence-corrected chi connectivity index (χ0v) is 13.3. The van der Waals surface area contributed by atoms with Crippen LogP contribution in [-0.2, 0) is 16.1 Å². The second-order valence-corrected chi connectivity index (χ2v) is 6.03. The van der Waals surface area contributed by atoms with Crippen LogP contribution in [0.2, 0.25) is 0 Å². The molecule has 0 aromatic heterocycles. The van der Waals surface area contributed by atoms with E-state index < -0.39 is 0 Å². The van der Waals surface area contributed by atoms with Gasteiger partial charge < -0.3 is 16.0 Å². The number of nitrogens with two attached hydrogens (primary N) is 1. The molecule has 0 aliphatic carbocycles. The van der Waals surface area contributed by atoms with E-state index in [1.807, 2.05) is 43.0 Å². The number of nitrogens with one attached hydrogen (secondary N) is 1. The van der Waals surface area contributed by atoms with Crippen molar-refractivity contribution < 1.29 is 9.59 Å². The summed E-state index contributed by atoms with van der Waals surface area (Å²) < 4.78 is 0. The number of amides is 2. The van der Waals surface area contributed by atoms with Crippen LogP contribution in [0.5, 0.6) is 0 Å². The fourth-order valence-corrected chi connectivity index (χ4v) is 2.46. The van der Waals surface area contributed by atoms with E-state index in [0.717, 1.165) is 30.6 Å². The minimum atomic E-state index is -0.203. The number of rotatable bonds is 5. The largest absolute Gasteiger partial charge is 0.352 e. The molecule has 2 unspecified atom stereocenters. The van der Waals surface area contributed by atoms with Crippen molar-refractivity contribution in [1.82, 2.24) is 5.32 Å². The van der Waals surface area contributed by atoms with Gasteiger partial charge in [-0.2, -0.15) is 0 Å². The number of anilines is 1. The zero-order valence-electron chi connectivity index (χ0n) is 13.3. The van der Waals surface area contributed by atoms with Crippen LogP contribution < -0.4 is 16.0 Å². The molecule has 2 atom stereocenters. The summed E-state index contributed by atoms with van der Waals surface area (Å²) in [6, 6.07) is 7.63. The Hall–Kier alpha value is -1.88. The van der Waals surface area contributed by atoms with E-state index in [2.05, 4.69) is 5.32 Å². The number of nitrogens with zero attached hydrogens (tertiary/aromatic N) is 1. The molecule has 5 nitrogen and oxygen atoms in total. The van der Waals surface area contributed by atoms with E-state index in [1.54, 1.807) is 0 Å². The first-order valence-corrected chi connectivity index (χ1v) is 7.91. The average Bonchev–Trinajstić information content (AvgIpc) is 2.53. The molecule has 0 radical (unpaired) electrons. The third-order valence-corrected chi connectivity index (χ3v) is 4.24. The predicted molar refractivity (Wildman–Crippen MR) is 87.3 cm³/mol. The van der Waals surface area contributed by atoms with Gasteiger partial charge in [0, 0.05) is 37.2 Å². The summed E-state index contributed by atoms with van der Waals surface area (Å²) in [6.45, 7) is 4.92. The third kappa shape index (κ3) is 4.07. The fourth-order valence-electron chi connectivity index (χ4n) is 2.46. The van der Waals surface area contributed by atoms with Gasteiger partial charge in [-0.1, -0.05) is 19.1 Å². The number of hydrogen-bond acceptors (Lipinski definition) is 3. The Morgan fingerprint density at radius 2 is 1.95 bits per heavy atom. The molecule has 0 bridgehead atoms. The topological polar surface area (TPSA) is 75.4 Å². The van der Waals surface area contributed by atoms with Gasteiger partial charge in [-0.05, 0) is 37.5 Å². The minimum Gasteiger partial charge on any atom is -0.352 e. The number of carbonyl (C=O) groups is 2. The van der Waals surface area contributed by atoms with Gasteiger partial charge in [-0.25, -0.2) is 0 Å². The number of carbonyl (C=O) groups excluding carboxylic acids is 2. The molecule has 0 saturated carbocycles. The van der Waals surface area contributed by atoms with Crippen LogP contribution in [0.3, 0.4) is 0 Å². The lowest BCUT2D eigenvalue weighted by Gasteiger charge is -2.26. The summed E-state index contributed by atoms with van der Waals surface area (Å²) in [5.74, 6) is -0.0476.